The predicted octanol–water partition coefficient (Wildman–Crippen LogP) is 3.97. The molecule has 0 aliphatic carbocycles. The van der Waals surface area contributed by atoms with Crippen LogP contribution in [-0.2, 0) is 25.7 Å². The van der Waals surface area contributed by atoms with E-state index in [0.717, 1.165) is 5.56 Å². The number of halogens is 1. The first-order valence-corrected chi connectivity index (χ1v) is 15.1. The van der Waals surface area contributed by atoms with E-state index in [4.69, 9.17) is 16.3 Å². The third kappa shape index (κ3) is 4.31. The van der Waals surface area contributed by atoms with Gasteiger partial charge in [0.25, 0.3) is 5.91 Å². The average molecular weight is 590 g/mol. The largest absolute Gasteiger partial charge is 0.394 e. The quantitative estimate of drug-likeness (QED) is 0.494. The van der Waals surface area contributed by atoms with Gasteiger partial charge in [-0.15, -0.1) is 0 Å². The SMILES string of the molecule is CC[C@@H](CO)N1C(=O)[C@@H]2[C@@H]3C(=O)N(Cc4ccccc4)CC=C[C@]3(CC)O[C@@]23C=CCN(c2ccc(Cl)cc2)C(=O)C13. The van der Waals surface area contributed by atoms with Crippen molar-refractivity contribution < 1.29 is 24.2 Å². The molecule has 2 aromatic rings. The lowest BCUT2D eigenvalue weighted by Crippen LogP contribution is -2.59. The van der Waals surface area contributed by atoms with Crippen LogP contribution in [0.4, 0.5) is 5.69 Å². The zero-order chi connectivity index (χ0) is 29.6. The molecule has 4 aliphatic heterocycles. The fraction of sp³-hybridized carbons (Fsp3) is 0.424. The van der Waals surface area contributed by atoms with Crippen molar-refractivity contribution in [3.8, 4) is 0 Å². The maximum absolute atomic E-state index is 14.6. The van der Waals surface area contributed by atoms with Gasteiger partial charge in [0.05, 0.1) is 30.1 Å². The second kappa shape index (κ2) is 11.0. The molecule has 0 bridgehead atoms. The molecule has 42 heavy (non-hydrogen) atoms. The van der Waals surface area contributed by atoms with Gasteiger partial charge >= 0.3 is 0 Å². The van der Waals surface area contributed by atoms with Gasteiger partial charge in [-0.05, 0) is 42.7 Å². The molecule has 2 fully saturated rings. The van der Waals surface area contributed by atoms with E-state index in [1.54, 1.807) is 34.1 Å². The maximum atomic E-state index is 14.6. The lowest BCUT2D eigenvalue weighted by Gasteiger charge is -2.40. The molecule has 4 heterocycles. The number of ether oxygens (including phenoxy) is 1. The molecule has 0 saturated carbocycles. The molecule has 3 amide bonds. The minimum Gasteiger partial charge on any atom is -0.394 e. The van der Waals surface area contributed by atoms with Gasteiger partial charge < -0.3 is 24.5 Å². The fourth-order valence-electron chi connectivity index (χ4n) is 7.36. The third-order valence-electron chi connectivity index (χ3n) is 9.39. The van der Waals surface area contributed by atoms with Crippen LogP contribution in [0.15, 0.2) is 78.9 Å². The molecule has 6 atom stereocenters. The third-order valence-corrected chi connectivity index (χ3v) is 9.64. The first kappa shape index (κ1) is 28.6. The molecule has 2 aromatic carbocycles. The fourth-order valence-corrected chi connectivity index (χ4v) is 7.48. The van der Waals surface area contributed by atoms with Gasteiger partial charge in [0.15, 0.2) is 0 Å². The number of carbonyl (C=O) groups excluding carboxylic acids is 3. The van der Waals surface area contributed by atoms with Crippen LogP contribution in [0.25, 0.3) is 0 Å². The van der Waals surface area contributed by atoms with E-state index in [2.05, 4.69) is 0 Å². The van der Waals surface area contributed by atoms with E-state index in [-0.39, 0.29) is 30.9 Å². The number of nitrogens with zero attached hydrogens (tertiary/aromatic N) is 3. The van der Waals surface area contributed by atoms with Crippen molar-refractivity contribution in [2.24, 2.45) is 11.8 Å². The van der Waals surface area contributed by atoms with Crippen LogP contribution in [0.1, 0.15) is 32.3 Å². The molecule has 8 nitrogen and oxygen atoms in total. The molecule has 1 N–H and O–H groups in total. The Kier molecular flexibility index (Phi) is 7.50. The predicted molar refractivity (Wildman–Crippen MR) is 160 cm³/mol. The number of amides is 3. The van der Waals surface area contributed by atoms with Gasteiger partial charge in [-0.3, -0.25) is 14.4 Å². The minimum absolute atomic E-state index is 0.168. The van der Waals surface area contributed by atoms with Crippen molar-refractivity contribution >= 4 is 35.0 Å². The number of benzene rings is 2. The standard InChI is InChI=1S/C33H36ClN3O5/c1-3-24(21-38)37-28-31(41)36(25-14-12-23(34)13-15-25)19-9-17-33(28)27(30(37)40)26-29(39)35(20-22-10-6-5-7-11-22)18-8-16-32(26,4-2)42-33/h5-17,24,26-28,38H,3-4,18-21H2,1-2H3/t24-,26+,27-,28?,32-,33-/m0/s1. The minimum atomic E-state index is -1.38. The van der Waals surface area contributed by atoms with Crippen LogP contribution < -0.4 is 4.90 Å². The smallest absolute Gasteiger partial charge is 0.253 e. The molecule has 1 spiro atoms. The van der Waals surface area contributed by atoms with E-state index >= 15 is 0 Å². The molecule has 220 valence electrons. The topological polar surface area (TPSA) is 90.4 Å². The van der Waals surface area contributed by atoms with Gasteiger partial charge in [-0.2, -0.15) is 0 Å². The van der Waals surface area contributed by atoms with Crippen LogP contribution in [0.2, 0.25) is 5.02 Å². The Morgan fingerprint density at radius 3 is 2.31 bits per heavy atom. The van der Waals surface area contributed by atoms with Gasteiger partial charge in [-0.1, -0.05) is 80.1 Å². The maximum Gasteiger partial charge on any atom is 0.253 e. The Labute approximate surface area is 251 Å². The van der Waals surface area contributed by atoms with E-state index in [1.807, 2.05) is 68.5 Å². The number of rotatable bonds is 7. The second-order valence-corrected chi connectivity index (χ2v) is 12.0. The normalized spacial score (nSPS) is 31.1. The first-order valence-electron chi connectivity index (χ1n) is 14.7. The van der Waals surface area contributed by atoms with Crippen LogP contribution in [0, 0.1) is 11.8 Å². The molecule has 9 heteroatoms. The Morgan fingerprint density at radius 2 is 1.64 bits per heavy atom. The average Bonchev–Trinajstić information content (AvgIpc) is 3.30. The summed E-state index contributed by atoms with van der Waals surface area (Å²) in [6.45, 7) is 4.58. The summed E-state index contributed by atoms with van der Waals surface area (Å²) in [6, 6.07) is 15.1. The van der Waals surface area contributed by atoms with Gasteiger partial charge in [0.1, 0.15) is 11.6 Å². The van der Waals surface area contributed by atoms with Crippen molar-refractivity contribution in [2.45, 2.75) is 56.5 Å². The number of hydrogen-bond donors (Lipinski definition) is 1. The van der Waals surface area contributed by atoms with Crippen molar-refractivity contribution in [3.05, 3.63) is 89.5 Å². The summed E-state index contributed by atoms with van der Waals surface area (Å²) in [4.78, 5) is 48.6. The number of likely N-dealkylation sites (tertiary alicyclic amines) is 1. The highest BCUT2D eigenvalue weighted by atomic mass is 35.5. The zero-order valence-corrected chi connectivity index (χ0v) is 24.6. The summed E-state index contributed by atoms with van der Waals surface area (Å²) < 4.78 is 7.03. The summed E-state index contributed by atoms with van der Waals surface area (Å²) in [6.07, 6.45) is 8.48. The lowest BCUT2D eigenvalue weighted by atomic mass is 9.73. The van der Waals surface area contributed by atoms with Gasteiger partial charge in [-0.25, -0.2) is 0 Å². The first-order chi connectivity index (χ1) is 20.3. The molecule has 4 aliphatic rings. The van der Waals surface area contributed by atoms with Crippen molar-refractivity contribution in [3.63, 3.8) is 0 Å². The number of fused-ring (bicyclic) bond motifs is 2. The Balaban J connectivity index is 1.47. The Hall–Kier alpha value is -3.46. The molecule has 2 saturated heterocycles. The van der Waals surface area contributed by atoms with Crippen molar-refractivity contribution in [2.75, 3.05) is 24.6 Å². The summed E-state index contributed by atoms with van der Waals surface area (Å²) in [5, 5.41) is 10.9. The number of aliphatic hydroxyl groups excluding tert-OH is 1. The highest BCUT2D eigenvalue weighted by molar-refractivity contribution is 6.30. The Bertz CT molecular complexity index is 1420. The van der Waals surface area contributed by atoms with E-state index in [0.29, 0.717) is 36.6 Å². The van der Waals surface area contributed by atoms with Crippen LogP contribution in [-0.4, -0.2) is 75.6 Å². The van der Waals surface area contributed by atoms with E-state index < -0.39 is 35.1 Å². The monoisotopic (exact) mass is 589 g/mol. The molecule has 0 aromatic heterocycles. The lowest BCUT2D eigenvalue weighted by molar-refractivity contribution is -0.153. The van der Waals surface area contributed by atoms with Crippen molar-refractivity contribution in [1.29, 1.82) is 0 Å². The molecular weight excluding hydrogens is 554 g/mol. The van der Waals surface area contributed by atoms with Crippen LogP contribution in [0.5, 0.6) is 0 Å². The van der Waals surface area contributed by atoms with Crippen LogP contribution >= 0.6 is 11.6 Å². The number of hydrogen-bond acceptors (Lipinski definition) is 5. The summed E-state index contributed by atoms with van der Waals surface area (Å²) in [5.74, 6) is -2.58. The van der Waals surface area contributed by atoms with Crippen LogP contribution in [0.3, 0.4) is 0 Å². The van der Waals surface area contributed by atoms with Gasteiger partial charge in [0, 0.05) is 30.3 Å². The molecule has 6 rings (SSSR count). The van der Waals surface area contributed by atoms with Gasteiger partial charge in [0.2, 0.25) is 11.8 Å². The number of aliphatic hydroxyl groups is 1. The summed E-state index contributed by atoms with van der Waals surface area (Å²) >= 11 is 6.13. The second-order valence-electron chi connectivity index (χ2n) is 11.5. The molecule has 1 unspecified atom stereocenters. The summed E-state index contributed by atoms with van der Waals surface area (Å²) in [7, 11) is 0. The van der Waals surface area contributed by atoms with E-state index in [9.17, 15) is 19.5 Å². The zero-order valence-electron chi connectivity index (χ0n) is 23.9. The highest BCUT2D eigenvalue weighted by Crippen LogP contribution is 2.59. The molecule has 0 radical (unpaired) electrons. The number of anilines is 1. The Morgan fingerprint density at radius 1 is 0.929 bits per heavy atom. The van der Waals surface area contributed by atoms with E-state index in [1.165, 1.54) is 4.90 Å². The highest BCUT2D eigenvalue weighted by Gasteiger charge is 2.75. The molecular formula is C33H36ClN3O5. The number of carbonyl (C=O) groups is 3. The van der Waals surface area contributed by atoms with Crippen molar-refractivity contribution in [1.82, 2.24) is 9.80 Å². The summed E-state index contributed by atoms with van der Waals surface area (Å²) in [5.41, 5.74) is -0.812.